The fourth-order valence-electron chi connectivity index (χ4n) is 3.13. The van der Waals surface area contributed by atoms with Gasteiger partial charge in [-0.05, 0) is 31.5 Å². The number of hydrogen-bond acceptors (Lipinski definition) is 4. The van der Waals surface area contributed by atoms with Crippen LogP contribution in [0.3, 0.4) is 0 Å². The van der Waals surface area contributed by atoms with Gasteiger partial charge in [-0.3, -0.25) is 4.79 Å². The Hall–Kier alpha value is -1.92. The van der Waals surface area contributed by atoms with Gasteiger partial charge in [0, 0.05) is 45.6 Å². The molecule has 2 heterocycles. The van der Waals surface area contributed by atoms with Crippen molar-refractivity contribution >= 4 is 16.9 Å². The van der Waals surface area contributed by atoms with E-state index < -0.39 is 0 Å². The second-order valence-corrected chi connectivity index (χ2v) is 6.45. The summed E-state index contributed by atoms with van der Waals surface area (Å²) >= 11 is 0. The van der Waals surface area contributed by atoms with Crippen LogP contribution in [0.25, 0.3) is 11.0 Å². The smallest absolute Gasteiger partial charge is 0.220 e. The minimum atomic E-state index is 0.104. The Morgan fingerprint density at radius 1 is 1.33 bits per heavy atom. The summed E-state index contributed by atoms with van der Waals surface area (Å²) in [6, 6.07) is 6.10. The van der Waals surface area contributed by atoms with Crippen molar-refractivity contribution < 1.29 is 4.79 Å². The Kier molecular flexibility index (Phi) is 5.82. The highest BCUT2D eigenvalue weighted by Gasteiger charge is 2.10. The third kappa shape index (κ3) is 4.55. The summed E-state index contributed by atoms with van der Waals surface area (Å²) in [5.41, 5.74) is 3.21. The van der Waals surface area contributed by atoms with Crippen molar-refractivity contribution in [1.29, 1.82) is 0 Å². The number of fused-ring (bicyclic) bond motifs is 1. The van der Waals surface area contributed by atoms with Crippen molar-refractivity contribution in [3.63, 3.8) is 0 Å². The number of para-hydroxylation sites is 1. The zero-order valence-corrected chi connectivity index (χ0v) is 14.4. The van der Waals surface area contributed by atoms with E-state index in [-0.39, 0.29) is 5.91 Å². The zero-order valence-electron chi connectivity index (χ0n) is 14.4. The van der Waals surface area contributed by atoms with Gasteiger partial charge in [0.15, 0.2) is 0 Å². The molecule has 1 aromatic heterocycles. The van der Waals surface area contributed by atoms with Crippen molar-refractivity contribution in [3.8, 4) is 0 Å². The van der Waals surface area contributed by atoms with Gasteiger partial charge in [-0.2, -0.15) is 0 Å². The first-order chi connectivity index (χ1) is 11.7. The minimum Gasteiger partial charge on any atom is -0.356 e. The molecule has 0 bridgehead atoms. The molecule has 6 heteroatoms. The quantitative estimate of drug-likeness (QED) is 0.668. The van der Waals surface area contributed by atoms with E-state index in [0.717, 1.165) is 68.1 Å². The third-order valence-electron chi connectivity index (χ3n) is 4.54. The molecule has 3 rings (SSSR count). The number of rotatable bonds is 7. The van der Waals surface area contributed by atoms with Crippen molar-refractivity contribution in [3.05, 3.63) is 29.6 Å². The average molecular weight is 329 g/mol. The molecule has 1 aliphatic heterocycles. The summed E-state index contributed by atoms with van der Waals surface area (Å²) in [6.45, 7) is 8.23. The fraction of sp³-hybridized carbons (Fsp3) is 0.556. The van der Waals surface area contributed by atoms with Gasteiger partial charge in [0.05, 0.1) is 11.0 Å². The van der Waals surface area contributed by atoms with E-state index in [1.54, 1.807) is 0 Å². The maximum absolute atomic E-state index is 12.0. The topological polar surface area (TPSA) is 73.1 Å². The molecule has 1 saturated heterocycles. The van der Waals surface area contributed by atoms with E-state index in [1.165, 1.54) is 0 Å². The Labute approximate surface area is 143 Å². The van der Waals surface area contributed by atoms with Crippen molar-refractivity contribution in [2.45, 2.75) is 26.2 Å². The third-order valence-corrected chi connectivity index (χ3v) is 4.54. The highest BCUT2D eigenvalue weighted by atomic mass is 16.1. The predicted octanol–water partition coefficient (Wildman–Crippen LogP) is 1.22. The fourth-order valence-corrected chi connectivity index (χ4v) is 3.13. The van der Waals surface area contributed by atoms with Crippen LogP contribution in [-0.4, -0.2) is 60.0 Å². The second kappa shape index (κ2) is 8.26. The van der Waals surface area contributed by atoms with Crippen LogP contribution in [-0.2, 0) is 11.2 Å². The van der Waals surface area contributed by atoms with Crippen LogP contribution in [0.15, 0.2) is 18.2 Å². The lowest BCUT2D eigenvalue weighted by Crippen LogP contribution is -2.44. The number of benzene rings is 1. The number of piperazine rings is 1. The molecule has 0 atom stereocenters. The summed E-state index contributed by atoms with van der Waals surface area (Å²) in [7, 11) is 0. The van der Waals surface area contributed by atoms with Crippen molar-refractivity contribution in [2.75, 3.05) is 39.3 Å². The highest BCUT2D eigenvalue weighted by molar-refractivity contribution is 5.79. The second-order valence-electron chi connectivity index (χ2n) is 6.45. The number of hydrogen-bond donors (Lipinski definition) is 3. The Balaban J connectivity index is 1.36. The van der Waals surface area contributed by atoms with Gasteiger partial charge in [0.1, 0.15) is 5.82 Å². The van der Waals surface area contributed by atoms with Gasteiger partial charge in [-0.15, -0.1) is 0 Å². The number of amides is 1. The lowest BCUT2D eigenvalue weighted by Gasteiger charge is -2.27. The molecular weight excluding hydrogens is 302 g/mol. The van der Waals surface area contributed by atoms with Gasteiger partial charge in [0.25, 0.3) is 0 Å². The van der Waals surface area contributed by atoms with E-state index in [4.69, 9.17) is 0 Å². The number of nitrogens with zero attached hydrogens (tertiary/aromatic N) is 2. The predicted molar refractivity (Wildman–Crippen MR) is 96.1 cm³/mol. The molecule has 0 aliphatic carbocycles. The largest absolute Gasteiger partial charge is 0.356 e. The number of H-pyrrole nitrogens is 1. The standard InChI is InChI=1S/C18H27N5O/c1-14-4-2-5-15-18(14)22-16(21-15)6-7-17(24)20-8-3-11-23-12-9-19-10-13-23/h2,4-5,19H,3,6-13H2,1H3,(H,20,24)(H,21,22). The maximum atomic E-state index is 12.0. The molecule has 0 radical (unpaired) electrons. The summed E-state index contributed by atoms with van der Waals surface area (Å²) in [6.07, 6.45) is 2.14. The number of aryl methyl sites for hydroxylation is 2. The molecule has 2 aromatic rings. The zero-order chi connectivity index (χ0) is 16.8. The molecule has 1 aliphatic rings. The Morgan fingerprint density at radius 3 is 2.96 bits per heavy atom. The normalized spacial score (nSPS) is 15.7. The van der Waals surface area contributed by atoms with Gasteiger partial charge in [-0.1, -0.05) is 12.1 Å². The molecular formula is C18H27N5O. The first-order valence-electron chi connectivity index (χ1n) is 8.86. The van der Waals surface area contributed by atoms with E-state index in [2.05, 4.69) is 38.5 Å². The first kappa shape index (κ1) is 16.9. The van der Waals surface area contributed by atoms with Gasteiger partial charge in [0.2, 0.25) is 5.91 Å². The monoisotopic (exact) mass is 329 g/mol. The van der Waals surface area contributed by atoms with Crippen LogP contribution < -0.4 is 10.6 Å². The summed E-state index contributed by atoms with van der Waals surface area (Å²) in [5.74, 6) is 0.989. The first-order valence-corrected chi connectivity index (χ1v) is 8.86. The molecule has 130 valence electrons. The van der Waals surface area contributed by atoms with Gasteiger partial charge in [-0.25, -0.2) is 4.98 Å². The van der Waals surface area contributed by atoms with Crippen LogP contribution in [0.2, 0.25) is 0 Å². The number of carbonyl (C=O) groups is 1. The van der Waals surface area contributed by atoms with Crippen LogP contribution in [0.5, 0.6) is 0 Å². The molecule has 1 fully saturated rings. The van der Waals surface area contributed by atoms with E-state index >= 15 is 0 Å². The molecule has 3 N–H and O–H groups in total. The van der Waals surface area contributed by atoms with Crippen LogP contribution in [0, 0.1) is 6.92 Å². The summed E-state index contributed by atoms with van der Waals surface area (Å²) in [5, 5.41) is 6.36. The average Bonchev–Trinajstić information content (AvgIpc) is 3.02. The molecule has 24 heavy (non-hydrogen) atoms. The Bertz CT molecular complexity index is 675. The lowest BCUT2D eigenvalue weighted by atomic mass is 10.2. The molecule has 0 spiro atoms. The lowest BCUT2D eigenvalue weighted by molar-refractivity contribution is -0.121. The van der Waals surface area contributed by atoms with Crippen molar-refractivity contribution in [2.24, 2.45) is 0 Å². The highest BCUT2D eigenvalue weighted by Crippen LogP contribution is 2.16. The van der Waals surface area contributed by atoms with E-state index in [1.807, 2.05) is 12.1 Å². The van der Waals surface area contributed by atoms with Gasteiger partial charge >= 0.3 is 0 Å². The number of carbonyl (C=O) groups excluding carboxylic acids is 1. The molecule has 0 saturated carbocycles. The number of nitrogens with one attached hydrogen (secondary N) is 3. The number of aromatic nitrogens is 2. The molecule has 1 aromatic carbocycles. The number of imidazole rings is 1. The molecule has 0 unspecified atom stereocenters. The van der Waals surface area contributed by atoms with Crippen LogP contribution in [0.1, 0.15) is 24.2 Å². The summed E-state index contributed by atoms with van der Waals surface area (Å²) in [4.78, 5) is 22.3. The SMILES string of the molecule is Cc1cccc2[nH]c(CCC(=O)NCCCN3CCNCC3)nc12. The maximum Gasteiger partial charge on any atom is 0.220 e. The Morgan fingerprint density at radius 2 is 2.17 bits per heavy atom. The van der Waals surface area contributed by atoms with Gasteiger partial charge < -0.3 is 20.5 Å². The number of aromatic amines is 1. The van der Waals surface area contributed by atoms with Crippen molar-refractivity contribution in [1.82, 2.24) is 25.5 Å². The molecule has 1 amide bonds. The summed E-state index contributed by atoms with van der Waals surface area (Å²) < 4.78 is 0. The van der Waals surface area contributed by atoms with E-state index in [0.29, 0.717) is 12.8 Å². The molecule has 6 nitrogen and oxygen atoms in total. The van der Waals surface area contributed by atoms with Crippen LogP contribution in [0.4, 0.5) is 0 Å². The minimum absolute atomic E-state index is 0.104. The van der Waals surface area contributed by atoms with E-state index in [9.17, 15) is 4.79 Å². The van der Waals surface area contributed by atoms with Crippen LogP contribution >= 0.6 is 0 Å².